The molecule has 6 nitrogen and oxygen atoms in total. The Labute approximate surface area is 169 Å². The highest BCUT2D eigenvalue weighted by Crippen LogP contribution is 2.28. The summed E-state index contributed by atoms with van der Waals surface area (Å²) in [6.45, 7) is 1.73. The minimum Gasteiger partial charge on any atom is -0.408 e. The molecule has 0 atom stereocenters. The topological polar surface area (TPSA) is 64.7 Å². The third-order valence-corrected chi connectivity index (χ3v) is 5.07. The number of oxazole rings is 1. The first-order chi connectivity index (χ1) is 14.3. The summed E-state index contributed by atoms with van der Waals surface area (Å²) in [5.41, 5.74) is 2.43. The lowest BCUT2D eigenvalue weighted by atomic mass is 10.1. The number of amides is 1. The molecular weight excluding hydrogens is 401 g/mol. The Hall–Kier alpha value is -3.23. The third-order valence-electron chi connectivity index (χ3n) is 5.07. The quantitative estimate of drug-likeness (QED) is 0.600. The number of rotatable bonds is 6. The van der Waals surface area contributed by atoms with Gasteiger partial charge in [-0.3, -0.25) is 9.36 Å². The molecule has 1 fully saturated rings. The lowest BCUT2D eigenvalue weighted by Crippen LogP contribution is -2.27. The van der Waals surface area contributed by atoms with E-state index in [-0.39, 0.29) is 11.7 Å². The molecule has 0 spiro atoms. The van der Waals surface area contributed by atoms with Gasteiger partial charge in [0.15, 0.2) is 5.58 Å². The second-order valence-corrected chi connectivity index (χ2v) is 7.11. The van der Waals surface area contributed by atoms with Crippen LogP contribution in [-0.2, 0) is 11.3 Å². The minimum absolute atomic E-state index is 0.139. The summed E-state index contributed by atoms with van der Waals surface area (Å²) in [5.74, 6) is -0.646. The van der Waals surface area contributed by atoms with E-state index in [1.165, 1.54) is 28.8 Å². The number of aromatic nitrogens is 1. The first-order valence-electron chi connectivity index (χ1n) is 9.57. The van der Waals surface area contributed by atoms with E-state index < -0.39 is 12.1 Å². The lowest BCUT2D eigenvalue weighted by Gasteiger charge is -2.15. The van der Waals surface area contributed by atoms with Crippen LogP contribution in [0.4, 0.5) is 13.2 Å². The number of likely N-dealkylation sites (tertiary alicyclic amines) is 1. The first-order valence-corrected chi connectivity index (χ1v) is 9.57. The maximum atomic E-state index is 12.3. The number of nitrogens with zero attached hydrogens (tertiary/aromatic N) is 2. The Morgan fingerprint density at radius 3 is 2.40 bits per heavy atom. The number of carbonyl (C=O) groups excluding carboxylic acids is 1. The molecule has 1 aromatic heterocycles. The molecule has 1 aliphatic heterocycles. The molecule has 0 saturated carbocycles. The number of hydrogen-bond acceptors (Lipinski definition) is 4. The van der Waals surface area contributed by atoms with Crippen molar-refractivity contribution in [1.82, 2.24) is 9.47 Å². The van der Waals surface area contributed by atoms with Crippen molar-refractivity contribution in [3.8, 4) is 16.9 Å². The summed E-state index contributed by atoms with van der Waals surface area (Å²) in [4.78, 5) is 25.8. The van der Waals surface area contributed by atoms with Gasteiger partial charge in [-0.25, -0.2) is 4.79 Å². The summed E-state index contributed by atoms with van der Waals surface area (Å²) in [6, 6.07) is 10.7. The molecule has 0 N–H and O–H groups in total. The summed E-state index contributed by atoms with van der Waals surface area (Å²) >= 11 is 0. The zero-order valence-electron chi connectivity index (χ0n) is 15.9. The third kappa shape index (κ3) is 4.34. The van der Waals surface area contributed by atoms with Gasteiger partial charge in [0, 0.05) is 26.1 Å². The van der Waals surface area contributed by atoms with Gasteiger partial charge in [0.25, 0.3) is 0 Å². The Morgan fingerprint density at radius 2 is 1.73 bits per heavy atom. The number of ether oxygens (including phenoxy) is 1. The van der Waals surface area contributed by atoms with Crippen LogP contribution in [0.1, 0.15) is 19.3 Å². The van der Waals surface area contributed by atoms with Crippen molar-refractivity contribution in [1.29, 1.82) is 0 Å². The minimum atomic E-state index is -4.74. The predicted molar refractivity (Wildman–Crippen MR) is 103 cm³/mol. The lowest BCUT2D eigenvalue weighted by molar-refractivity contribution is -0.274. The first kappa shape index (κ1) is 20.1. The number of fused-ring (bicyclic) bond motifs is 1. The van der Waals surface area contributed by atoms with Crippen molar-refractivity contribution in [2.75, 3.05) is 13.1 Å². The van der Waals surface area contributed by atoms with Gasteiger partial charge in [0.1, 0.15) is 5.75 Å². The normalized spacial score (nSPS) is 14.6. The number of alkyl halides is 3. The van der Waals surface area contributed by atoms with Crippen LogP contribution in [0.2, 0.25) is 0 Å². The van der Waals surface area contributed by atoms with Crippen molar-refractivity contribution in [2.24, 2.45) is 0 Å². The van der Waals surface area contributed by atoms with Gasteiger partial charge >= 0.3 is 12.1 Å². The van der Waals surface area contributed by atoms with Crippen molar-refractivity contribution < 1.29 is 27.1 Å². The van der Waals surface area contributed by atoms with Crippen molar-refractivity contribution in [3.05, 3.63) is 53.0 Å². The molecule has 0 radical (unpaired) electrons. The molecule has 0 unspecified atom stereocenters. The summed E-state index contributed by atoms with van der Waals surface area (Å²) in [5, 5.41) is 0. The van der Waals surface area contributed by atoms with Crippen LogP contribution in [-0.4, -0.2) is 34.8 Å². The van der Waals surface area contributed by atoms with Gasteiger partial charge in [0.05, 0.1) is 5.52 Å². The molecule has 2 heterocycles. The van der Waals surface area contributed by atoms with E-state index in [4.69, 9.17) is 4.42 Å². The zero-order chi connectivity index (χ0) is 21.3. The van der Waals surface area contributed by atoms with E-state index >= 15 is 0 Å². The number of halogens is 3. The van der Waals surface area contributed by atoms with Crippen molar-refractivity contribution in [3.63, 3.8) is 0 Å². The number of benzene rings is 2. The molecule has 1 saturated heterocycles. The van der Waals surface area contributed by atoms with Gasteiger partial charge < -0.3 is 14.1 Å². The highest BCUT2D eigenvalue weighted by Gasteiger charge is 2.31. The van der Waals surface area contributed by atoms with Crippen LogP contribution < -0.4 is 10.5 Å². The van der Waals surface area contributed by atoms with Crippen molar-refractivity contribution in [2.45, 2.75) is 32.2 Å². The molecule has 2 aromatic carbocycles. The molecule has 158 valence electrons. The second kappa shape index (κ2) is 7.89. The smallest absolute Gasteiger partial charge is 0.408 e. The number of carbonyl (C=O) groups is 1. The second-order valence-electron chi connectivity index (χ2n) is 7.11. The van der Waals surface area contributed by atoms with E-state index in [9.17, 15) is 22.8 Å². The van der Waals surface area contributed by atoms with Gasteiger partial charge in [-0.15, -0.1) is 13.2 Å². The standard InChI is InChI=1S/C21H19F3N2O4/c22-21(23,24)30-16-7-4-14(5-8-16)15-6-9-18-17(13-15)26(20(28)29-18)12-2-11-25-10-1-3-19(25)27/h4-9,13H,1-3,10-12H2. The fourth-order valence-corrected chi connectivity index (χ4v) is 3.66. The van der Waals surface area contributed by atoms with Crippen LogP contribution in [0.5, 0.6) is 5.75 Å². The molecule has 3 aromatic rings. The van der Waals surface area contributed by atoms with Crippen LogP contribution >= 0.6 is 0 Å². The Morgan fingerprint density at radius 1 is 1.00 bits per heavy atom. The molecule has 30 heavy (non-hydrogen) atoms. The molecule has 4 rings (SSSR count). The Balaban J connectivity index is 1.54. The molecule has 0 bridgehead atoms. The Kier molecular flexibility index (Phi) is 5.27. The number of aryl methyl sites for hydroxylation is 1. The fraction of sp³-hybridized carbons (Fsp3) is 0.333. The van der Waals surface area contributed by atoms with Gasteiger partial charge in [-0.05, 0) is 48.2 Å². The van der Waals surface area contributed by atoms with Gasteiger partial charge in [0.2, 0.25) is 5.91 Å². The summed E-state index contributed by atoms with van der Waals surface area (Å²) in [7, 11) is 0. The SMILES string of the molecule is O=C1CCCN1CCCn1c(=O)oc2ccc(-c3ccc(OC(F)(F)F)cc3)cc21. The molecule has 1 amide bonds. The largest absolute Gasteiger partial charge is 0.573 e. The fourth-order valence-electron chi connectivity index (χ4n) is 3.66. The summed E-state index contributed by atoms with van der Waals surface area (Å²) < 4.78 is 47.7. The molecule has 0 aliphatic carbocycles. The van der Waals surface area contributed by atoms with Crippen LogP contribution in [0.15, 0.2) is 51.7 Å². The van der Waals surface area contributed by atoms with E-state index in [1.54, 1.807) is 23.1 Å². The molecule has 9 heteroatoms. The van der Waals surface area contributed by atoms with Gasteiger partial charge in [-0.1, -0.05) is 18.2 Å². The van der Waals surface area contributed by atoms with E-state index in [2.05, 4.69) is 4.74 Å². The van der Waals surface area contributed by atoms with Crippen LogP contribution in [0.25, 0.3) is 22.2 Å². The average molecular weight is 420 g/mol. The predicted octanol–water partition coefficient (Wildman–Crippen LogP) is 4.17. The van der Waals surface area contributed by atoms with Crippen LogP contribution in [0, 0.1) is 0 Å². The van der Waals surface area contributed by atoms with Crippen LogP contribution in [0.3, 0.4) is 0 Å². The van der Waals surface area contributed by atoms with Crippen molar-refractivity contribution >= 4 is 17.0 Å². The Bertz CT molecular complexity index is 1120. The molecular formula is C21H19F3N2O4. The highest BCUT2D eigenvalue weighted by atomic mass is 19.4. The molecule has 1 aliphatic rings. The number of hydrogen-bond donors (Lipinski definition) is 0. The monoisotopic (exact) mass is 420 g/mol. The summed E-state index contributed by atoms with van der Waals surface area (Å²) in [6.07, 6.45) is -2.69. The maximum absolute atomic E-state index is 12.3. The average Bonchev–Trinajstić information content (AvgIpc) is 3.23. The van der Waals surface area contributed by atoms with E-state index in [0.29, 0.717) is 42.6 Å². The maximum Gasteiger partial charge on any atom is 0.573 e. The zero-order valence-corrected chi connectivity index (χ0v) is 15.9. The highest BCUT2D eigenvalue weighted by molar-refractivity contribution is 5.81. The van der Waals surface area contributed by atoms with Gasteiger partial charge in [-0.2, -0.15) is 0 Å². The van der Waals surface area contributed by atoms with E-state index in [1.807, 2.05) is 0 Å². The van der Waals surface area contributed by atoms with E-state index in [0.717, 1.165) is 18.5 Å².